The molecule has 0 aliphatic heterocycles. The second kappa shape index (κ2) is 29.3. The van der Waals surface area contributed by atoms with E-state index in [0.717, 1.165) is 81.2 Å². The number of benzene rings is 6. The molecule has 0 atom stereocenters. The van der Waals surface area contributed by atoms with E-state index in [1.165, 1.54) is 11.1 Å². The van der Waals surface area contributed by atoms with E-state index in [0.29, 0.717) is 59.2 Å². The van der Waals surface area contributed by atoms with Crippen molar-refractivity contribution >= 4 is 63.1 Å². The molecule has 2 heterocycles. The first-order chi connectivity index (χ1) is 37.3. The molecular weight excluding hydrogens is 1040 g/mol. The number of carbonyl (C=O) groups excluding carboxylic acids is 2. The molecule has 16 nitrogen and oxygen atoms in total. The van der Waals surface area contributed by atoms with Gasteiger partial charge < -0.3 is 30.5 Å². The smallest absolute Gasteiger partial charge is 0.423 e. The fourth-order valence-corrected chi connectivity index (χ4v) is 9.21. The van der Waals surface area contributed by atoms with Crippen LogP contribution in [-0.4, -0.2) is 96.4 Å². The zero-order valence-electron chi connectivity index (χ0n) is 46.5. The van der Waals surface area contributed by atoms with Crippen molar-refractivity contribution in [2.45, 2.75) is 82.1 Å². The molecule has 0 fully saturated rings. The van der Waals surface area contributed by atoms with Crippen molar-refractivity contribution in [3.05, 3.63) is 160 Å². The van der Waals surface area contributed by atoms with Crippen molar-refractivity contribution in [3.63, 3.8) is 0 Å². The predicted octanol–water partition coefficient (Wildman–Crippen LogP) is 10.7. The van der Waals surface area contributed by atoms with Crippen molar-refractivity contribution in [1.82, 2.24) is 41.2 Å². The van der Waals surface area contributed by atoms with E-state index >= 15 is 0 Å². The van der Waals surface area contributed by atoms with Crippen LogP contribution in [0.1, 0.15) is 77.6 Å². The number of nitrogens with zero attached hydrogens (tertiary/aromatic N) is 8. The van der Waals surface area contributed by atoms with E-state index in [-0.39, 0.29) is 11.8 Å². The lowest BCUT2D eigenvalue weighted by Gasteiger charge is -2.31. The lowest BCUT2D eigenvalue weighted by molar-refractivity contribution is -0.116. The number of amides is 2. The van der Waals surface area contributed by atoms with Gasteiger partial charge in [0.2, 0.25) is 23.5 Å². The van der Waals surface area contributed by atoms with Gasteiger partial charge >= 0.3 is 7.12 Å². The Kier molecular flexibility index (Phi) is 22.4. The molecule has 0 aliphatic carbocycles. The minimum atomic E-state index is -1.54. The van der Waals surface area contributed by atoms with Gasteiger partial charge in [0, 0.05) is 41.8 Å². The van der Waals surface area contributed by atoms with Gasteiger partial charge in [-0.05, 0) is 106 Å². The third kappa shape index (κ3) is 18.3. The Morgan fingerprint density at radius 3 is 1.38 bits per heavy atom. The predicted molar refractivity (Wildman–Crippen MR) is 319 cm³/mol. The van der Waals surface area contributed by atoms with Crippen LogP contribution in [0.15, 0.2) is 138 Å². The molecule has 18 heteroatoms. The molecule has 78 heavy (non-hydrogen) atoms. The number of tetrazole rings is 2. The van der Waals surface area contributed by atoms with E-state index in [9.17, 15) is 9.59 Å². The average Bonchev–Trinajstić information content (AvgIpc) is 4.15. The van der Waals surface area contributed by atoms with E-state index in [2.05, 4.69) is 164 Å². The van der Waals surface area contributed by atoms with Crippen molar-refractivity contribution in [2.24, 2.45) is 23.7 Å². The molecule has 6 aromatic carbocycles. The number of hydrogen-bond acceptors (Lipinski definition) is 12. The first-order valence-electron chi connectivity index (χ1n) is 26.5. The van der Waals surface area contributed by atoms with Crippen molar-refractivity contribution in [1.29, 1.82) is 0 Å². The molecule has 2 aromatic heterocycles. The molecule has 0 spiro atoms. The first kappa shape index (κ1) is 59.7. The number of anilines is 4. The van der Waals surface area contributed by atoms with E-state index < -0.39 is 7.12 Å². The third-order valence-electron chi connectivity index (χ3n) is 12.1. The van der Waals surface area contributed by atoms with Gasteiger partial charge in [-0.1, -0.05) is 186 Å². The highest BCUT2D eigenvalue weighted by molar-refractivity contribution is 9.10. The van der Waals surface area contributed by atoms with Crippen LogP contribution in [0.5, 0.6) is 0 Å². The fourth-order valence-electron chi connectivity index (χ4n) is 8.85. The summed E-state index contributed by atoms with van der Waals surface area (Å²) < 4.78 is 0.964. The van der Waals surface area contributed by atoms with Crippen LogP contribution in [0.3, 0.4) is 0 Å². The molecule has 6 N–H and O–H groups in total. The van der Waals surface area contributed by atoms with Gasteiger partial charge in [0.1, 0.15) is 0 Å². The molecule has 0 saturated carbocycles. The van der Waals surface area contributed by atoms with Crippen LogP contribution in [0.25, 0.3) is 33.9 Å². The number of aromatic amines is 2. The summed E-state index contributed by atoms with van der Waals surface area (Å²) in [5, 5.41) is 52.4. The minimum Gasteiger partial charge on any atom is -0.423 e. The lowest BCUT2D eigenvalue weighted by atomic mass is 9.77. The van der Waals surface area contributed by atoms with Crippen LogP contribution in [0, 0.1) is 37.5 Å². The van der Waals surface area contributed by atoms with Gasteiger partial charge in [-0.3, -0.25) is 9.59 Å². The van der Waals surface area contributed by atoms with Crippen LogP contribution in [-0.2, 0) is 22.4 Å². The topological polar surface area (TPSA) is 214 Å². The number of nitrogens with one attached hydrogen (secondary N) is 4. The normalized spacial score (nSPS) is 11.0. The third-order valence-corrected chi connectivity index (χ3v) is 12.6. The van der Waals surface area contributed by atoms with Crippen LogP contribution in [0.4, 0.5) is 22.7 Å². The molecule has 0 unspecified atom stereocenters. The van der Waals surface area contributed by atoms with Gasteiger partial charge in [0.15, 0.2) is 0 Å². The summed E-state index contributed by atoms with van der Waals surface area (Å²) in [6.07, 6.45) is 0.693. The molecule has 0 radical (unpaired) electrons. The van der Waals surface area contributed by atoms with Gasteiger partial charge in [0.25, 0.3) is 0 Å². The maximum absolute atomic E-state index is 13.2. The molecule has 0 bridgehead atoms. The number of rotatable bonds is 20. The van der Waals surface area contributed by atoms with Gasteiger partial charge in [-0.15, -0.1) is 20.4 Å². The number of halogens is 1. The summed E-state index contributed by atoms with van der Waals surface area (Å²) in [6, 6.07) is 43.4. The minimum absolute atomic E-state index is 0.00671. The van der Waals surface area contributed by atoms with E-state index in [4.69, 9.17) is 10.0 Å². The number of carbonyl (C=O) groups is 2. The monoisotopic (exact) mass is 1120 g/mol. The number of H-pyrrole nitrogens is 2. The van der Waals surface area contributed by atoms with Crippen molar-refractivity contribution in [2.75, 3.05) is 46.6 Å². The number of aryl methyl sites for hydroxylation is 2. The number of aromatic nitrogens is 8. The Hall–Kier alpha value is -7.54. The summed E-state index contributed by atoms with van der Waals surface area (Å²) in [5.41, 5.74) is 11.9. The van der Waals surface area contributed by atoms with Crippen LogP contribution >= 0.6 is 15.9 Å². The quantitative estimate of drug-likeness (QED) is 0.0393. The summed E-state index contributed by atoms with van der Waals surface area (Å²) >= 11 is 3.54. The van der Waals surface area contributed by atoms with E-state index in [1.807, 2.05) is 91.9 Å². The first-order valence-corrected chi connectivity index (χ1v) is 27.3. The van der Waals surface area contributed by atoms with Gasteiger partial charge in [0.05, 0.1) is 35.6 Å². The highest BCUT2D eigenvalue weighted by Gasteiger charge is 2.21. The standard InChI is InChI=1S/C30H36N6O.C23H31BrN2O.C7H7BN4O2/c1-20(2)18-36(19-21(3)4)28-15-14-24(25-8-6-7-9-26(25)30-32-34-35-33-30)17-27(28)31-29(37)16-23-12-10-22(5)11-13-23;1-16(2)14-26(15-17(3)4)22-11-10-20(24)13-21(22)25-23(27)12-19-8-6-18(5)7-9-19;13-8(14)6-4-2-1-3-5(6)7-9-11-12-10-7/h6-15,17,20-21H,16,18-19H2,1-5H3,(H,31,37)(H,32,33,34,35);6-11,13,16-17H,12,14-15H2,1-5H3,(H,25,27);1-4,13-14H,(H,9,10,11,12). The maximum Gasteiger partial charge on any atom is 0.489 e. The van der Waals surface area contributed by atoms with Crippen LogP contribution < -0.4 is 25.9 Å². The molecule has 0 saturated heterocycles. The Labute approximate surface area is 468 Å². The summed E-state index contributed by atoms with van der Waals surface area (Å²) in [6.45, 7) is 25.6. The highest BCUT2D eigenvalue weighted by atomic mass is 79.9. The van der Waals surface area contributed by atoms with Crippen molar-refractivity contribution < 1.29 is 19.6 Å². The Morgan fingerprint density at radius 1 is 0.538 bits per heavy atom. The SMILES string of the molecule is Cc1ccc(CC(=O)Nc2cc(-c3ccccc3-c3nn[nH]n3)ccc2N(CC(C)C)CC(C)C)cc1.Cc1ccc(CC(=O)Nc2cc(Br)ccc2N(CC(C)C)CC(C)C)cc1.OB(O)c1ccccc1-c1nn[nH]n1. The van der Waals surface area contributed by atoms with Crippen LogP contribution in [0.2, 0.25) is 0 Å². The zero-order chi connectivity index (χ0) is 56.3. The second-order valence-electron chi connectivity index (χ2n) is 21.2. The maximum atomic E-state index is 13.2. The Balaban J connectivity index is 0.000000209. The Bertz CT molecular complexity index is 3100. The lowest BCUT2D eigenvalue weighted by Crippen LogP contribution is -2.32. The molecular formula is C60H74BBrN12O4. The van der Waals surface area contributed by atoms with Gasteiger partial charge in [-0.25, -0.2) is 0 Å². The molecule has 0 aliphatic rings. The summed E-state index contributed by atoms with van der Waals surface area (Å²) in [4.78, 5) is 30.6. The highest BCUT2D eigenvalue weighted by Crippen LogP contribution is 2.37. The molecule has 408 valence electrons. The van der Waals surface area contributed by atoms with E-state index in [1.54, 1.807) is 24.3 Å². The molecule has 2 amide bonds. The Morgan fingerprint density at radius 2 is 0.949 bits per heavy atom. The largest absolute Gasteiger partial charge is 0.489 e. The number of hydrogen-bond donors (Lipinski definition) is 6. The average molecular weight is 1120 g/mol. The molecule has 8 aromatic rings. The zero-order valence-corrected chi connectivity index (χ0v) is 48.1. The second-order valence-corrected chi connectivity index (χ2v) is 22.1. The summed E-state index contributed by atoms with van der Waals surface area (Å²) in [7, 11) is -1.54. The van der Waals surface area contributed by atoms with Crippen molar-refractivity contribution in [3.8, 4) is 33.9 Å². The summed E-state index contributed by atoms with van der Waals surface area (Å²) in [5.74, 6) is 2.89. The van der Waals surface area contributed by atoms with Gasteiger partial charge in [-0.2, -0.15) is 10.4 Å². The fraction of sp³-hybridized carbons (Fsp3) is 0.333. The molecule has 8 rings (SSSR count).